The fourth-order valence-corrected chi connectivity index (χ4v) is 3.32. The summed E-state index contributed by atoms with van der Waals surface area (Å²) in [7, 11) is 0. The Morgan fingerprint density at radius 2 is 1.83 bits per heavy atom. The number of thioether (sulfide) groups is 2. The highest BCUT2D eigenvalue weighted by Gasteiger charge is 2.12. The third kappa shape index (κ3) is 4.93. The molecule has 0 saturated heterocycles. The number of anilines is 1. The molecular formula is C18H21ClN2S2. The van der Waals surface area contributed by atoms with Gasteiger partial charge in [0, 0.05) is 21.4 Å². The molecule has 2 rings (SSSR count). The van der Waals surface area contributed by atoms with E-state index in [-0.39, 0.29) is 5.92 Å². The van der Waals surface area contributed by atoms with Crippen molar-refractivity contribution in [3.63, 3.8) is 0 Å². The number of benzene rings is 2. The number of hydrogen-bond donors (Lipinski definition) is 2. The normalized spacial score (nSPS) is 12.0. The second-order valence-electron chi connectivity index (χ2n) is 5.22. The van der Waals surface area contributed by atoms with Crippen LogP contribution in [0.25, 0.3) is 0 Å². The summed E-state index contributed by atoms with van der Waals surface area (Å²) < 4.78 is 0. The van der Waals surface area contributed by atoms with Crippen molar-refractivity contribution in [3.05, 3.63) is 53.1 Å². The van der Waals surface area contributed by atoms with Gasteiger partial charge in [0.05, 0.1) is 17.3 Å². The van der Waals surface area contributed by atoms with Crippen LogP contribution in [0, 0.1) is 5.41 Å². The zero-order chi connectivity index (χ0) is 16.8. The number of hydrogen-bond acceptors (Lipinski definition) is 4. The maximum atomic E-state index is 8.36. The summed E-state index contributed by atoms with van der Waals surface area (Å²) in [6.07, 6.45) is 4.10. The van der Waals surface area contributed by atoms with Crippen molar-refractivity contribution < 1.29 is 0 Å². The van der Waals surface area contributed by atoms with Crippen LogP contribution in [0.3, 0.4) is 0 Å². The summed E-state index contributed by atoms with van der Waals surface area (Å²) in [4.78, 5) is 2.38. The lowest BCUT2D eigenvalue weighted by Crippen LogP contribution is -2.19. The molecule has 0 aliphatic heterocycles. The highest BCUT2D eigenvalue weighted by molar-refractivity contribution is 7.98. The predicted octanol–water partition coefficient (Wildman–Crippen LogP) is 6.02. The lowest BCUT2D eigenvalue weighted by molar-refractivity contribution is 0.979. The van der Waals surface area contributed by atoms with Crippen LogP contribution in [0.15, 0.2) is 52.3 Å². The second-order valence-corrected chi connectivity index (χ2v) is 7.39. The molecule has 5 heteroatoms. The Morgan fingerprint density at radius 3 is 2.52 bits per heavy atom. The van der Waals surface area contributed by atoms with Gasteiger partial charge in [-0.3, -0.25) is 0 Å². The van der Waals surface area contributed by atoms with Gasteiger partial charge in [0.25, 0.3) is 0 Å². The van der Waals surface area contributed by atoms with E-state index in [1.165, 1.54) is 10.5 Å². The van der Waals surface area contributed by atoms with Crippen LogP contribution >= 0.6 is 35.1 Å². The molecule has 0 heterocycles. The molecule has 1 unspecified atom stereocenters. The van der Waals surface area contributed by atoms with E-state index >= 15 is 0 Å². The van der Waals surface area contributed by atoms with Gasteiger partial charge in [0.15, 0.2) is 0 Å². The minimum atomic E-state index is 0.0807. The molecule has 0 fully saturated rings. The first kappa shape index (κ1) is 18.2. The van der Waals surface area contributed by atoms with Gasteiger partial charge < -0.3 is 10.7 Å². The summed E-state index contributed by atoms with van der Waals surface area (Å²) in [5.41, 5.74) is 2.70. The van der Waals surface area contributed by atoms with Gasteiger partial charge in [-0.1, -0.05) is 30.7 Å². The molecule has 122 valence electrons. The van der Waals surface area contributed by atoms with Gasteiger partial charge in [-0.05, 0) is 48.4 Å². The molecule has 0 spiro atoms. The van der Waals surface area contributed by atoms with Crippen molar-refractivity contribution in [2.75, 3.05) is 24.4 Å². The van der Waals surface area contributed by atoms with Crippen LogP contribution in [0.4, 0.5) is 5.69 Å². The van der Waals surface area contributed by atoms with Crippen molar-refractivity contribution in [1.82, 2.24) is 0 Å². The summed E-state index contributed by atoms with van der Waals surface area (Å²) in [6, 6.07) is 14.3. The smallest absolute Gasteiger partial charge is 0.0638 e. The van der Waals surface area contributed by atoms with Crippen molar-refractivity contribution in [3.8, 4) is 0 Å². The third-order valence-corrected chi connectivity index (χ3v) is 5.54. The van der Waals surface area contributed by atoms with Crippen molar-refractivity contribution in [2.24, 2.45) is 0 Å². The molecular weight excluding hydrogens is 344 g/mol. The van der Waals surface area contributed by atoms with Gasteiger partial charge in [0.2, 0.25) is 0 Å². The quantitative estimate of drug-likeness (QED) is 0.465. The molecule has 2 N–H and O–H groups in total. The van der Waals surface area contributed by atoms with Crippen LogP contribution in [0.5, 0.6) is 0 Å². The van der Waals surface area contributed by atoms with Crippen LogP contribution in [0.1, 0.15) is 18.4 Å². The minimum Gasteiger partial charge on any atom is -0.378 e. The van der Waals surface area contributed by atoms with E-state index < -0.39 is 0 Å². The van der Waals surface area contributed by atoms with E-state index in [1.54, 1.807) is 23.5 Å². The largest absolute Gasteiger partial charge is 0.378 e. The van der Waals surface area contributed by atoms with Crippen molar-refractivity contribution >= 4 is 46.5 Å². The van der Waals surface area contributed by atoms with Crippen molar-refractivity contribution in [1.29, 1.82) is 5.41 Å². The monoisotopic (exact) mass is 364 g/mol. The van der Waals surface area contributed by atoms with E-state index in [4.69, 9.17) is 17.0 Å². The molecule has 23 heavy (non-hydrogen) atoms. The molecule has 0 bridgehead atoms. The van der Waals surface area contributed by atoms with E-state index in [1.807, 2.05) is 24.5 Å². The number of halogens is 1. The highest BCUT2D eigenvalue weighted by atomic mass is 35.5. The maximum absolute atomic E-state index is 8.36. The maximum Gasteiger partial charge on any atom is 0.0638 e. The zero-order valence-electron chi connectivity index (χ0n) is 13.5. The summed E-state index contributed by atoms with van der Waals surface area (Å²) in [5.74, 6) is 0.0807. The van der Waals surface area contributed by atoms with Gasteiger partial charge in [-0.15, -0.1) is 23.5 Å². The van der Waals surface area contributed by atoms with Crippen LogP contribution in [0.2, 0.25) is 5.02 Å². The SMILES string of the molecule is CSc1cccc(C(C)C(=N)CNc2cc(SC)ccc2Cl)c1. The fourth-order valence-electron chi connectivity index (χ4n) is 2.22. The Bertz CT molecular complexity index is 688. The molecule has 1 atom stereocenters. The minimum absolute atomic E-state index is 0.0807. The topological polar surface area (TPSA) is 35.9 Å². The van der Waals surface area contributed by atoms with E-state index in [0.717, 1.165) is 10.6 Å². The highest BCUT2D eigenvalue weighted by Crippen LogP contribution is 2.28. The Morgan fingerprint density at radius 1 is 1.13 bits per heavy atom. The van der Waals surface area contributed by atoms with Gasteiger partial charge in [0.1, 0.15) is 0 Å². The molecule has 2 nitrogen and oxygen atoms in total. The Hall–Kier alpha value is -1.10. The number of nitrogens with one attached hydrogen (secondary N) is 2. The van der Waals surface area contributed by atoms with Crippen LogP contribution < -0.4 is 5.32 Å². The van der Waals surface area contributed by atoms with Crippen LogP contribution in [-0.2, 0) is 0 Å². The molecule has 0 saturated carbocycles. The number of rotatable bonds is 7. The summed E-state index contributed by atoms with van der Waals surface area (Å²) in [6.45, 7) is 2.56. The first-order chi connectivity index (χ1) is 11.0. The zero-order valence-corrected chi connectivity index (χ0v) is 15.9. The lowest BCUT2D eigenvalue weighted by Gasteiger charge is -2.16. The first-order valence-electron chi connectivity index (χ1n) is 7.33. The van der Waals surface area contributed by atoms with E-state index in [2.05, 4.69) is 42.8 Å². The Labute approximate surface area is 151 Å². The first-order valence-corrected chi connectivity index (χ1v) is 10.2. The third-order valence-electron chi connectivity index (χ3n) is 3.76. The summed E-state index contributed by atoms with van der Waals surface area (Å²) in [5, 5.41) is 12.3. The summed E-state index contributed by atoms with van der Waals surface area (Å²) >= 11 is 9.63. The van der Waals surface area contributed by atoms with Gasteiger partial charge >= 0.3 is 0 Å². The molecule has 0 aromatic heterocycles. The molecule has 0 aliphatic carbocycles. The Kier molecular flexibility index (Phi) is 6.88. The standard InChI is InChI=1S/C18H21ClN2S2/c1-12(13-5-4-6-14(9-13)22-2)17(20)11-21-18-10-15(23-3)7-8-16(18)19/h4-10,12,20-21H,11H2,1-3H3. The molecule has 2 aromatic carbocycles. The molecule has 2 aromatic rings. The second kappa shape index (κ2) is 8.67. The molecule has 0 aliphatic rings. The predicted molar refractivity (Wildman–Crippen MR) is 106 cm³/mol. The van der Waals surface area contributed by atoms with Crippen LogP contribution in [-0.4, -0.2) is 24.8 Å². The van der Waals surface area contributed by atoms with Crippen molar-refractivity contribution in [2.45, 2.75) is 22.6 Å². The average Bonchev–Trinajstić information content (AvgIpc) is 2.60. The average molecular weight is 365 g/mol. The lowest BCUT2D eigenvalue weighted by atomic mass is 9.96. The molecule has 0 amide bonds. The fraction of sp³-hybridized carbons (Fsp3) is 0.278. The molecule has 0 radical (unpaired) electrons. The van der Waals surface area contributed by atoms with E-state index in [9.17, 15) is 0 Å². The van der Waals surface area contributed by atoms with Gasteiger partial charge in [-0.25, -0.2) is 0 Å². The van der Waals surface area contributed by atoms with E-state index in [0.29, 0.717) is 17.3 Å². The Balaban J connectivity index is 2.04. The van der Waals surface area contributed by atoms with Gasteiger partial charge in [-0.2, -0.15) is 0 Å².